The Morgan fingerprint density at radius 1 is 0.714 bits per heavy atom. The van der Waals surface area contributed by atoms with E-state index in [1.807, 2.05) is 0 Å². The zero-order valence-corrected chi connectivity index (χ0v) is 23.7. The molecule has 0 spiro atoms. The van der Waals surface area contributed by atoms with Gasteiger partial charge in [0, 0.05) is 24.1 Å². The van der Waals surface area contributed by atoms with Crippen molar-refractivity contribution in [2.45, 2.75) is 12.2 Å². The largest absolute Gasteiger partial charge is 0.382 e. The first-order valence-electron chi connectivity index (χ1n) is 12.5. The summed E-state index contributed by atoms with van der Waals surface area (Å²) in [7, 11) is 3.06. The van der Waals surface area contributed by atoms with Crippen LogP contribution in [0.2, 0.25) is 10.0 Å². The molecule has 2 atom stereocenters. The number of halogens is 2. The van der Waals surface area contributed by atoms with Gasteiger partial charge in [0.05, 0.1) is 22.1 Å². The van der Waals surface area contributed by atoms with Crippen molar-refractivity contribution in [3.8, 4) is 0 Å². The van der Waals surface area contributed by atoms with Gasteiger partial charge in [0.15, 0.2) is 11.4 Å². The highest BCUT2D eigenvalue weighted by atomic mass is 35.5. The molecule has 3 aromatic carbocycles. The molecular formula is C28H24Cl2N8O4. The van der Waals surface area contributed by atoms with E-state index in [1.165, 1.54) is 14.1 Å². The number of nitrogens with zero attached hydrogens (tertiary/aromatic N) is 4. The summed E-state index contributed by atoms with van der Waals surface area (Å²) in [5, 5.41) is 31.6. The van der Waals surface area contributed by atoms with Crippen molar-refractivity contribution in [1.29, 1.82) is 0 Å². The van der Waals surface area contributed by atoms with Crippen LogP contribution in [0.4, 0.5) is 0 Å². The molecule has 5 aromatic rings. The average molecular weight is 607 g/mol. The fourth-order valence-electron chi connectivity index (χ4n) is 4.37. The summed E-state index contributed by atoms with van der Waals surface area (Å²) in [4.78, 5) is 39.9. The van der Waals surface area contributed by atoms with Crippen LogP contribution >= 0.6 is 23.2 Å². The number of aromatic amines is 2. The Morgan fingerprint density at radius 2 is 1.10 bits per heavy atom. The minimum absolute atomic E-state index is 0.0201. The van der Waals surface area contributed by atoms with Gasteiger partial charge in [0.25, 0.3) is 11.1 Å². The van der Waals surface area contributed by atoms with Gasteiger partial charge in [-0.3, -0.25) is 9.59 Å². The molecule has 0 aliphatic carbocycles. The molecule has 0 aliphatic rings. The third-order valence-corrected chi connectivity index (χ3v) is 6.81. The van der Waals surface area contributed by atoms with E-state index in [0.717, 1.165) is 0 Å². The van der Waals surface area contributed by atoms with Crippen molar-refractivity contribution in [2.75, 3.05) is 14.1 Å². The van der Waals surface area contributed by atoms with Crippen LogP contribution in [-0.2, 0) is 0 Å². The van der Waals surface area contributed by atoms with E-state index in [4.69, 9.17) is 23.2 Å². The second-order valence-electron chi connectivity index (χ2n) is 9.07. The van der Waals surface area contributed by atoms with Crippen molar-refractivity contribution >= 4 is 56.7 Å². The van der Waals surface area contributed by atoms with Crippen LogP contribution in [0.15, 0.2) is 80.5 Å². The molecule has 6 N–H and O–H groups in total. The summed E-state index contributed by atoms with van der Waals surface area (Å²) in [6.07, 6.45) is -2.71. The summed E-state index contributed by atoms with van der Waals surface area (Å²) in [6.45, 7) is 0. The van der Waals surface area contributed by atoms with Crippen LogP contribution in [0.5, 0.6) is 0 Å². The number of hydrogen-bond acceptors (Lipinski definition) is 10. The lowest BCUT2D eigenvalue weighted by atomic mass is 9.97. The molecule has 2 aromatic heterocycles. The zero-order valence-electron chi connectivity index (χ0n) is 22.2. The van der Waals surface area contributed by atoms with Crippen LogP contribution in [0.3, 0.4) is 0 Å². The maximum Gasteiger partial charge on any atom is 0.276 e. The van der Waals surface area contributed by atoms with E-state index in [1.54, 1.807) is 60.7 Å². The molecule has 2 heterocycles. The van der Waals surface area contributed by atoms with Gasteiger partial charge in [-0.2, -0.15) is 10.2 Å². The van der Waals surface area contributed by atoms with Crippen molar-refractivity contribution in [2.24, 2.45) is 10.2 Å². The van der Waals surface area contributed by atoms with Gasteiger partial charge in [0.1, 0.15) is 23.6 Å². The molecule has 0 bridgehead atoms. The van der Waals surface area contributed by atoms with E-state index < -0.39 is 23.3 Å². The van der Waals surface area contributed by atoms with Crippen molar-refractivity contribution in [1.82, 2.24) is 30.8 Å². The number of hydrogen-bond donors (Lipinski definition) is 6. The standard InChI is InChI=1S/C28H24Cl2N8O4/c1-31-37-21(23-27(41)35-19-11-15(29)7-9-17(19)33-23)25(39)13-3-5-14(6-4-13)26(40)22(38-32-2)24-28(42)36-20-12-16(30)8-10-18(20)34-24/h3-12,25-26,31-32,39-40H,1-2H3,(H,35,41)(H,36,42)/b37-21-,38-22+/t25-,26-/m0/s1. The van der Waals surface area contributed by atoms with E-state index in [2.05, 4.69) is 41.0 Å². The van der Waals surface area contributed by atoms with Crippen LogP contribution in [0.25, 0.3) is 22.1 Å². The van der Waals surface area contributed by atoms with E-state index in [0.29, 0.717) is 43.2 Å². The summed E-state index contributed by atoms with van der Waals surface area (Å²) in [5.41, 5.74) is 6.41. The molecule has 0 aliphatic heterocycles. The molecule has 0 saturated heterocycles. The number of aromatic nitrogens is 4. The molecule has 42 heavy (non-hydrogen) atoms. The smallest absolute Gasteiger partial charge is 0.276 e. The zero-order chi connectivity index (χ0) is 30.0. The number of fused-ring (bicyclic) bond motifs is 2. The number of rotatable bonds is 8. The first kappa shape index (κ1) is 28.9. The Labute approximate surface area is 247 Å². The molecule has 5 rings (SSSR count). The molecular weight excluding hydrogens is 583 g/mol. The predicted octanol–water partition coefficient (Wildman–Crippen LogP) is 2.78. The Bertz CT molecular complexity index is 1830. The number of H-pyrrole nitrogens is 2. The molecule has 0 unspecified atom stereocenters. The third kappa shape index (κ3) is 5.74. The van der Waals surface area contributed by atoms with Gasteiger partial charge in [0.2, 0.25) is 0 Å². The highest BCUT2D eigenvalue weighted by Crippen LogP contribution is 2.24. The van der Waals surface area contributed by atoms with Crippen molar-refractivity contribution in [3.63, 3.8) is 0 Å². The van der Waals surface area contributed by atoms with Gasteiger partial charge in [-0.25, -0.2) is 9.97 Å². The number of aliphatic hydroxyl groups is 2. The van der Waals surface area contributed by atoms with Crippen LogP contribution < -0.4 is 22.0 Å². The summed E-state index contributed by atoms with van der Waals surface area (Å²) in [5.74, 6) is 0. The van der Waals surface area contributed by atoms with Crippen molar-refractivity contribution < 1.29 is 10.2 Å². The van der Waals surface area contributed by atoms with E-state index in [9.17, 15) is 19.8 Å². The first-order chi connectivity index (χ1) is 20.2. The second kappa shape index (κ2) is 12.1. The Kier molecular flexibility index (Phi) is 8.31. The lowest BCUT2D eigenvalue weighted by Crippen LogP contribution is -2.28. The summed E-state index contributed by atoms with van der Waals surface area (Å²) in [6, 6.07) is 15.9. The second-order valence-corrected chi connectivity index (χ2v) is 9.94. The van der Waals surface area contributed by atoms with Crippen LogP contribution in [0, 0.1) is 0 Å². The predicted molar refractivity (Wildman–Crippen MR) is 162 cm³/mol. The molecule has 0 radical (unpaired) electrons. The maximum absolute atomic E-state index is 12.9. The van der Waals surface area contributed by atoms with Gasteiger partial charge < -0.3 is 31.0 Å². The highest BCUT2D eigenvalue weighted by molar-refractivity contribution is 6.31. The summed E-state index contributed by atoms with van der Waals surface area (Å²) >= 11 is 12.0. The minimum atomic E-state index is -1.36. The number of nitrogens with one attached hydrogen (secondary N) is 4. The fraction of sp³-hybridized carbons (Fsp3) is 0.143. The van der Waals surface area contributed by atoms with Gasteiger partial charge >= 0.3 is 0 Å². The molecule has 0 fully saturated rings. The Hall–Kier alpha value is -4.62. The minimum Gasteiger partial charge on any atom is -0.382 e. The molecule has 0 saturated carbocycles. The van der Waals surface area contributed by atoms with Crippen molar-refractivity contribution in [3.05, 3.63) is 114 Å². The topological polar surface area (TPSA) is 181 Å². The maximum atomic E-state index is 12.9. The Morgan fingerprint density at radius 3 is 1.45 bits per heavy atom. The van der Waals surface area contributed by atoms with Gasteiger partial charge in [-0.1, -0.05) is 47.5 Å². The highest BCUT2D eigenvalue weighted by Gasteiger charge is 2.25. The number of aliphatic hydroxyl groups excluding tert-OH is 2. The SMILES string of the molecule is CN/N=C(/c1nc2ccc(Cl)cc2[nH]c1=O)[C@@H](O)c1ccc([C@H](O)/C(=N/NC)c2nc3ccc(Cl)cc3[nH]c2=O)cc1. The Balaban J connectivity index is 1.47. The lowest BCUT2D eigenvalue weighted by molar-refractivity contribution is 0.243. The number of hydrazone groups is 2. The molecule has 14 heteroatoms. The monoisotopic (exact) mass is 606 g/mol. The molecule has 214 valence electrons. The quantitative estimate of drug-likeness (QED) is 0.115. The van der Waals surface area contributed by atoms with E-state index in [-0.39, 0.29) is 22.8 Å². The van der Waals surface area contributed by atoms with Gasteiger partial charge in [-0.15, -0.1) is 0 Å². The normalized spacial score (nSPS) is 13.8. The first-order valence-corrected chi connectivity index (χ1v) is 13.3. The van der Waals surface area contributed by atoms with E-state index >= 15 is 0 Å². The van der Waals surface area contributed by atoms with Crippen LogP contribution in [0.1, 0.15) is 34.7 Å². The average Bonchev–Trinajstić information content (AvgIpc) is 2.97. The van der Waals surface area contributed by atoms with Crippen LogP contribution in [-0.4, -0.2) is 55.7 Å². The third-order valence-electron chi connectivity index (χ3n) is 6.34. The molecule has 12 nitrogen and oxygen atoms in total. The molecule has 0 amide bonds. The number of benzene rings is 3. The van der Waals surface area contributed by atoms with Gasteiger partial charge in [-0.05, 0) is 47.5 Å². The lowest BCUT2D eigenvalue weighted by Gasteiger charge is -2.17. The fourth-order valence-corrected chi connectivity index (χ4v) is 4.71. The summed E-state index contributed by atoms with van der Waals surface area (Å²) < 4.78 is 0.